The highest BCUT2D eigenvalue weighted by Gasteiger charge is 2.20. The van der Waals surface area contributed by atoms with Gasteiger partial charge in [0.15, 0.2) is 0 Å². The Hall–Kier alpha value is -5.66. The molecule has 0 N–H and O–H groups in total. The Balaban J connectivity index is 1.42. The number of rotatable bonds is 5. The molecule has 0 amide bonds. The summed E-state index contributed by atoms with van der Waals surface area (Å²) < 4.78 is 0. The van der Waals surface area contributed by atoms with Gasteiger partial charge in [0.1, 0.15) is 0 Å². The quantitative estimate of drug-likeness (QED) is 0.194. The first-order valence-corrected chi connectivity index (χ1v) is 14.8. The van der Waals surface area contributed by atoms with E-state index in [2.05, 4.69) is 181 Å². The molecule has 8 aromatic carbocycles. The van der Waals surface area contributed by atoms with E-state index in [0.29, 0.717) is 0 Å². The van der Waals surface area contributed by atoms with Gasteiger partial charge in [0.25, 0.3) is 0 Å². The van der Waals surface area contributed by atoms with Gasteiger partial charge < -0.3 is 4.90 Å². The van der Waals surface area contributed by atoms with Crippen molar-refractivity contribution >= 4 is 49.4 Å². The zero-order valence-corrected chi connectivity index (χ0v) is 23.7. The molecular weight excluding hydrogens is 518 g/mol. The van der Waals surface area contributed by atoms with Crippen molar-refractivity contribution in [1.82, 2.24) is 0 Å². The number of para-hydroxylation sites is 1. The molecule has 0 aliphatic heterocycles. The average Bonchev–Trinajstić information content (AvgIpc) is 3.09. The van der Waals surface area contributed by atoms with E-state index >= 15 is 0 Å². The minimum Gasteiger partial charge on any atom is -0.309 e. The minimum absolute atomic E-state index is 1.12. The molecule has 8 aromatic rings. The van der Waals surface area contributed by atoms with Gasteiger partial charge in [-0.05, 0) is 67.9 Å². The van der Waals surface area contributed by atoms with Gasteiger partial charge in [0.05, 0.1) is 11.4 Å². The van der Waals surface area contributed by atoms with Gasteiger partial charge in [-0.25, -0.2) is 0 Å². The zero-order chi connectivity index (χ0) is 28.6. The summed E-state index contributed by atoms with van der Waals surface area (Å²) in [5.74, 6) is 0. The summed E-state index contributed by atoms with van der Waals surface area (Å²) in [6.45, 7) is 0. The van der Waals surface area contributed by atoms with Crippen molar-refractivity contribution in [2.45, 2.75) is 0 Å². The molecule has 0 saturated heterocycles. The molecule has 0 aromatic heterocycles. The summed E-state index contributed by atoms with van der Waals surface area (Å²) in [6.07, 6.45) is 0. The van der Waals surface area contributed by atoms with E-state index in [9.17, 15) is 0 Å². The van der Waals surface area contributed by atoms with Crippen LogP contribution < -0.4 is 4.90 Å². The van der Waals surface area contributed by atoms with Gasteiger partial charge in [0.2, 0.25) is 0 Å². The third kappa shape index (κ3) is 4.43. The number of anilines is 3. The second-order valence-corrected chi connectivity index (χ2v) is 11.0. The molecule has 1 nitrogen and oxygen atoms in total. The van der Waals surface area contributed by atoms with Gasteiger partial charge in [-0.1, -0.05) is 152 Å². The molecule has 0 aliphatic carbocycles. The Morgan fingerprint density at radius 2 is 0.884 bits per heavy atom. The van der Waals surface area contributed by atoms with Crippen LogP contribution in [0.1, 0.15) is 0 Å². The monoisotopic (exact) mass is 547 g/mol. The molecule has 0 saturated carbocycles. The third-order valence-corrected chi connectivity index (χ3v) is 8.45. The second-order valence-electron chi connectivity index (χ2n) is 11.0. The van der Waals surface area contributed by atoms with E-state index in [1.54, 1.807) is 0 Å². The average molecular weight is 548 g/mol. The molecule has 202 valence electrons. The SMILES string of the molecule is c1ccc(-c2ccc(N(c3ccccc3-c3ccccc3)c3cccc4ccc5c6ccccc6ccc5c34)cc2)cc1. The first-order chi connectivity index (χ1) is 21.3. The summed E-state index contributed by atoms with van der Waals surface area (Å²) in [4.78, 5) is 2.44. The summed E-state index contributed by atoms with van der Waals surface area (Å²) in [5, 5.41) is 7.54. The van der Waals surface area contributed by atoms with Crippen LogP contribution in [-0.4, -0.2) is 0 Å². The molecule has 0 spiro atoms. The lowest BCUT2D eigenvalue weighted by atomic mass is 9.95. The molecule has 0 atom stereocenters. The Kier molecular flexibility index (Phi) is 6.20. The first kappa shape index (κ1) is 25.1. The molecule has 0 bridgehead atoms. The predicted octanol–water partition coefficient (Wildman–Crippen LogP) is 11.9. The van der Waals surface area contributed by atoms with Crippen molar-refractivity contribution < 1.29 is 0 Å². The Labute approximate surface area is 251 Å². The molecule has 0 aliphatic rings. The maximum absolute atomic E-state index is 2.44. The van der Waals surface area contributed by atoms with Crippen LogP contribution in [0.2, 0.25) is 0 Å². The Morgan fingerprint density at radius 1 is 0.302 bits per heavy atom. The molecule has 0 radical (unpaired) electrons. The van der Waals surface area contributed by atoms with E-state index in [4.69, 9.17) is 0 Å². The molecule has 0 heterocycles. The third-order valence-electron chi connectivity index (χ3n) is 8.45. The van der Waals surface area contributed by atoms with Crippen LogP contribution in [0.15, 0.2) is 176 Å². The van der Waals surface area contributed by atoms with Gasteiger partial charge in [-0.3, -0.25) is 0 Å². The molecule has 0 unspecified atom stereocenters. The summed E-state index contributed by atoms with van der Waals surface area (Å²) in [6, 6.07) is 63.5. The predicted molar refractivity (Wildman–Crippen MR) is 185 cm³/mol. The van der Waals surface area contributed by atoms with E-state index in [1.807, 2.05) is 0 Å². The van der Waals surface area contributed by atoms with Crippen molar-refractivity contribution in [1.29, 1.82) is 0 Å². The molecule has 0 fully saturated rings. The molecule has 1 heteroatoms. The van der Waals surface area contributed by atoms with Gasteiger partial charge in [-0.2, -0.15) is 0 Å². The number of nitrogens with zero attached hydrogens (tertiary/aromatic N) is 1. The van der Waals surface area contributed by atoms with E-state index in [-0.39, 0.29) is 0 Å². The van der Waals surface area contributed by atoms with Crippen molar-refractivity contribution in [3.05, 3.63) is 176 Å². The Morgan fingerprint density at radius 3 is 1.70 bits per heavy atom. The lowest BCUT2D eigenvalue weighted by molar-refractivity contribution is 1.30. The van der Waals surface area contributed by atoms with E-state index < -0.39 is 0 Å². The molecule has 43 heavy (non-hydrogen) atoms. The zero-order valence-electron chi connectivity index (χ0n) is 23.7. The fraction of sp³-hybridized carbons (Fsp3) is 0. The van der Waals surface area contributed by atoms with Crippen molar-refractivity contribution in [2.75, 3.05) is 4.90 Å². The van der Waals surface area contributed by atoms with E-state index in [0.717, 1.165) is 17.1 Å². The van der Waals surface area contributed by atoms with Crippen molar-refractivity contribution in [2.24, 2.45) is 0 Å². The number of hydrogen-bond donors (Lipinski definition) is 0. The van der Waals surface area contributed by atoms with Crippen LogP contribution in [0.25, 0.3) is 54.6 Å². The van der Waals surface area contributed by atoms with Crippen LogP contribution >= 0.6 is 0 Å². The molecular formula is C42H29N. The van der Waals surface area contributed by atoms with Crippen molar-refractivity contribution in [3.63, 3.8) is 0 Å². The lowest BCUT2D eigenvalue weighted by Gasteiger charge is -2.29. The largest absolute Gasteiger partial charge is 0.309 e. The van der Waals surface area contributed by atoms with Crippen LogP contribution in [0.4, 0.5) is 17.1 Å². The number of fused-ring (bicyclic) bond motifs is 5. The summed E-state index contributed by atoms with van der Waals surface area (Å²) >= 11 is 0. The smallest absolute Gasteiger partial charge is 0.0546 e. The number of benzene rings is 8. The van der Waals surface area contributed by atoms with E-state index in [1.165, 1.54) is 54.6 Å². The standard InChI is InChI=1S/C42H29N/c1-3-12-30(13-4-1)31-22-26-35(27-23-31)43(40-20-10-9-19-37(40)32-14-5-2-6-15-32)41-21-11-17-34-25-28-38-36-18-8-7-16-33(36)24-29-39(38)42(34)41/h1-29H. The van der Waals surface area contributed by atoms with Crippen LogP contribution in [-0.2, 0) is 0 Å². The summed E-state index contributed by atoms with van der Waals surface area (Å²) in [5.41, 5.74) is 8.23. The fourth-order valence-electron chi connectivity index (χ4n) is 6.41. The second kappa shape index (κ2) is 10.6. The van der Waals surface area contributed by atoms with Gasteiger partial charge >= 0.3 is 0 Å². The van der Waals surface area contributed by atoms with Crippen molar-refractivity contribution in [3.8, 4) is 22.3 Å². The Bertz CT molecular complexity index is 2220. The van der Waals surface area contributed by atoms with Crippen LogP contribution in [0.3, 0.4) is 0 Å². The maximum Gasteiger partial charge on any atom is 0.0546 e. The van der Waals surface area contributed by atoms with Crippen LogP contribution in [0, 0.1) is 0 Å². The highest BCUT2D eigenvalue weighted by molar-refractivity contribution is 6.21. The first-order valence-electron chi connectivity index (χ1n) is 14.8. The minimum atomic E-state index is 1.12. The normalized spacial score (nSPS) is 11.3. The lowest BCUT2D eigenvalue weighted by Crippen LogP contribution is -2.12. The highest BCUT2D eigenvalue weighted by Crippen LogP contribution is 2.45. The van der Waals surface area contributed by atoms with Gasteiger partial charge in [0, 0.05) is 16.6 Å². The highest BCUT2D eigenvalue weighted by atomic mass is 15.1. The fourth-order valence-corrected chi connectivity index (χ4v) is 6.41. The summed E-state index contributed by atoms with van der Waals surface area (Å²) in [7, 11) is 0. The topological polar surface area (TPSA) is 3.24 Å². The number of hydrogen-bond acceptors (Lipinski definition) is 1. The molecule has 8 rings (SSSR count). The maximum atomic E-state index is 2.44. The van der Waals surface area contributed by atoms with Gasteiger partial charge in [-0.15, -0.1) is 0 Å². The van der Waals surface area contributed by atoms with Crippen LogP contribution in [0.5, 0.6) is 0 Å².